The molecule has 3 fully saturated rings. The van der Waals surface area contributed by atoms with Crippen LogP contribution in [0.2, 0.25) is 0 Å². The maximum atomic E-state index is 13.6. The van der Waals surface area contributed by atoms with Gasteiger partial charge < -0.3 is 9.47 Å². The fourth-order valence-electron chi connectivity index (χ4n) is 5.97. The number of hydrogen-bond donors (Lipinski definition) is 0. The van der Waals surface area contributed by atoms with Crippen molar-refractivity contribution >= 4 is 17.5 Å². The van der Waals surface area contributed by atoms with Crippen LogP contribution in [0.25, 0.3) is 0 Å². The van der Waals surface area contributed by atoms with Gasteiger partial charge in [0.05, 0.1) is 58.1 Å². The molecular formula is C26H20F6N2O4. The Kier molecular flexibility index (Phi) is 5.80. The summed E-state index contributed by atoms with van der Waals surface area (Å²) < 4.78 is 91.3. The number of amides is 2. The van der Waals surface area contributed by atoms with Crippen molar-refractivity contribution in [3.8, 4) is 11.8 Å². The average molecular weight is 538 g/mol. The first kappa shape index (κ1) is 26.0. The van der Waals surface area contributed by atoms with Crippen molar-refractivity contribution < 1.29 is 45.4 Å². The summed E-state index contributed by atoms with van der Waals surface area (Å²) in [5.74, 6) is -3.38. The van der Waals surface area contributed by atoms with Crippen molar-refractivity contribution in [2.75, 3.05) is 11.5 Å². The summed E-state index contributed by atoms with van der Waals surface area (Å²) in [6, 6.07) is 8.44. The lowest BCUT2D eigenvalue weighted by Crippen LogP contribution is -2.43. The molecule has 12 heteroatoms. The van der Waals surface area contributed by atoms with Crippen molar-refractivity contribution in [3.63, 3.8) is 0 Å². The number of ether oxygens (including phenoxy) is 2. The van der Waals surface area contributed by atoms with Gasteiger partial charge in [0.1, 0.15) is 5.75 Å². The van der Waals surface area contributed by atoms with Gasteiger partial charge >= 0.3 is 12.4 Å². The Hall–Kier alpha value is -3.59. The van der Waals surface area contributed by atoms with Crippen molar-refractivity contribution in [3.05, 3.63) is 59.2 Å². The smallest absolute Gasteiger partial charge is 0.417 e. The molecule has 3 saturated heterocycles. The van der Waals surface area contributed by atoms with Crippen LogP contribution < -0.4 is 9.64 Å². The highest BCUT2D eigenvalue weighted by Gasteiger charge is 2.73. The number of nitrogens with zero attached hydrogens (tertiary/aromatic N) is 2. The zero-order chi connectivity index (χ0) is 27.7. The predicted molar refractivity (Wildman–Crippen MR) is 119 cm³/mol. The zero-order valence-electron chi connectivity index (χ0n) is 19.8. The lowest BCUT2D eigenvalue weighted by Gasteiger charge is -2.31. The fourth-order valence-corrected chi connectivity index (χ4v) is 5.97. The minimum absolute atomic E-state index is 0.0285. The Morgan fingerprint density at radius 3 is 2.39 bits per heavy atom. The second-order valence-electron chi connectivity index (χ2n) is 9.91. The minimum atomic E-state index is -4.88. The summed E-state index contributed by atoms with van der Waals surface area (Å²) in [5.41, 5.74) is -5.28. The Labute approximate surface area is 212 Å². The van der Waals surface area contributed by atoms with Gasteiger partial charge in [0, 0.05) is 6.42 Å². The topological polar surface area (TPSA) is 79.6 Å². The van der Waals surface area contributed by atoms with E-state index in [1.807, 2.05) is 0 Å². The summed E-state index contributed by atoms with van der Waals surface area (Å²) >= 11 is 0. The van der Waals surface area contributed by atoms with E-state index in [0.717, 1.165) is 29.2 Å². The Morgan fingerprint density at radius 1 is 1.03 bits per heavy atom. The molecule has 2 bridgehead atoms. The van der Waals surface area contributed by atoms with Crippen molar-refractivity contribution in [1.29, 1.82) is 5.26 Å². The SMILES string of the molecule is CC12CCC(CCOc3cccc(C(F)(F)F)c3)(O1)C1C(=O)N(c3ccc(C#N)c(C(F)(F)F)c3)C(=O)C12. The summed E-state index contributed by atoms with van der Waals surface area (Å²) in [6.45, 7) is 1.55. The molecule has 3 aliphatic heterocycles. The summed E-state index contributed by atoms with van der Waals surface area (Å²) in [6.07, 6.45) is -8.58. The molecule has 0 N–H and O–H groups in total. The van der Waals surface area contributed by atoms with Crippen LogP contribution >= 0.6 is 0 Å². The van der Waals surface area contributed by atoms with E-state index in [2.05, 4.69) is 0 Å². The van der Waals surface area contributed by atoms with Gasteiger partial charge in [-0.1, -0.05) is 6.07 Å². The first-order valence-corrected chi connectivity index (χ1v) is 11.7. The molecule has 5 rings (SSSR count). The van der Waals surface area contributed by atoms with E-state index in [9.17, 15) is 35.9 Å². The maximum Gasteiger partial charge on any atom is 0.417 e. The molecular weight excluding hydrogens is 518 g/mol. The number of imide groups is 1. The van der Waals surface area contributed by atoms with Crippen molar-refractivity contribution in [2.24, 2.45) is 11.8 Å². The summed E-state index contributed by atoms with van der Waals surface area (Å²) in [4.78, 5) is 27.7. The Morgan fingerprint density at radius 2 is 1.74 bits per heavy atom. The molecule has 38 heavy (non-hydrogen) atoms. The number of benzene rings is 2. The molecule has 2 aromatic carbocycles. The molecule has 2 amide bonds. The number of halogens is 6. The van der Waals surface area contributed by atoms with Gasteiger partial charge in [0.2, 0.25) is 11.8 Å². The highest BCUT2D eigenvalue weighted by molar-refractivity contribution is 6.23. The standard InChI is InChI=1S/C26H20F6N2O4/c1-23-7-8-24(38-23,9-10-37-17-4-2-3-15(11-17)25(27,28)29)20-19(23)21(35)34(22(20)36)16-6-5-14(13-33)18(12-16)26(30,31)32/h2-6,11-12,19-20H,7-10H2,1H3. The van der Waals surface area contributed by atoms with E-state index in [4.69, 9.17) is 14.7 Å². The Balaban J connectivity index is 1.41. The predicted octanol–water partition coefficient (Wildman–Crippen LogP) is 5.49. The molecule has 4 atom stereocenters. The average Bonchev–Trinajstić information content (AvgIpc) is 3.42. The molecule has 2 aromatic rings. The van der Waals surface area contributed by atoms with Crippen LogP contribution in [0.1, 0.15) is 42.9 Å². The van der Waals surface area contributed by atoms with Crippen molar-refractivity contribution in [1.82, 2.24) is 0 Å². The molecule has 0 aliphatic carbocycles. The van der Waals surface area contributed by atoms with E-state index >= 15 is 0 Å². The van der Waals surface area contributed by atoms with Crippen LogP contribution in [0.5, 0.6) is 5.75 Å². The lowest BCUT2D eigenvalue weighted by molar-refractivity contribution is -0.138. The van der Waals surface area contributed by atoms with E-state index in [1.165, 1.54) is 18.2 Å². The third kappa shape index (κ3) is 4.00. The second kappa shape index (κ2) is 8.46. The molecule has 0 aromatic heterocycles. The number of carbonyl (C=O) groups excluding carboxylic acids is 2. The Bertz CT molecular complexity index is 1370. The lowest BCUT2D eigenvalue weighted by atomic mass is 9.67. The number of alkyl halides is 6. The second-order valence-corrected chi connectivity index (χ2v) is 9.91. The van der Waals surface area contributed by atoms with Gasteiger partial charge in [0.15, 0.2) is 0 Å². The molecule has 0 saturated carbocycles. The van der Waals surface area contributed by atoms with Crippen LogP contribution in [-0.4, -0.2) is 29.6 Å². The highest BCUT2D eigenvalue weighted by atomic mass is 19.4. The first-order chi connectivity index (χ1) is 17.7. The van der Waals surface area contributed by atoms with Gasteiger partial charge in [-0.3, -0.25) is 9.59 Å². The molecule has 0 spiro atoms. The summed E-state index contributed by atoms with van der Waals surface area (Å²) in [7, 11) is 0. The van der Waals surface area contributed by atoms with Gasteiger partial charge in [-0.25, -0.2) is 4.90 Å². The number of fused-ring (bicyclic) bond motifs is 5. The van der Waals surface area contributed by atoms with Crippen LogP contribution in [0.3, 0.4) is 0 Å². The number of rotatable bonds is 5. The van der Waals surface area contributed by atoms with Gasteiger partial charge in [-0.15, -0.1) is 0 Å². The minimum Gasteiger partial charge on any atom is -0.493 e. The number of hydrogen-bond acceptors (Lipinski definition) is 5. The van der Waals surface area contributed by atoms with Gasteiger partial charge in [-0.2, -0.15) is 31.6 Å². The van der Waals surface area contributed by atoms with Gasteiger partial charge in [-0.05, 0) is 56.2 Å². The van der Waals surface area contributed by atoms with Crippen LogP contribution in [-0.2, 0) is 26.7 Å². The molecule has 6 nitrogen and oxygen atoms in total. The number of anilines is 1. The van der Waals surface area contributed by atoms with Crippen LogP contribution in [0.15, 0.2) is 42.5 Å². The molecule has 3 heterocycles. The van der Waals surface area contributed by atoms with Crippen LogP contribution in [0, 0.1) is 23.2 Å². The highest BCUT2D eigenvalue weighted by Crippen LogP contribution is 2.62. The summed E-state index contributed by atoms with van der Waals surface area (Å²) in [5, 5.41) is 9.06. The maximum absolute atomic E-state index is 13.6. The third-order valence-electron chi connectivity index (χ3n) is 7.65. The fraction of sp³-hybridized carbons (Fsp3) is 0.423. The van der Waals surface area contributed by atoms with E-state index in [0.29, 0.717) is 18.9 Å². The van der Waals surface area contributed by atoms with Crippen LogP contribution in [0.4, 0.5) is 32.0 Å². The van der Waals surface area contributed by atoms with E-state index in [-0.39, 0.29) is 24.5 Å². The zero-order valence-corrected chi connectivity index (χ0v) is 19.8. The number of carbonyl (C=O) groups is 2. The van der Waals surface area contributed by atoms with E-state index in [1.54, 1.807) is 6.92 Å². The van der Waals surface area contributed by atoms with Gasteiger partial charge in [0.25, 0.3) is 0 Å². The molecule has 4 unspecified atom stereocenters. The quantitative estimate of drug-likeness (QED) is 0.372. The normalized spacial score (nSPS) is 28.5. The van der Waals surface area contributed by atoms with E-state index < -0.39 is 63.9 Å². The molecule has 200 valence electrons. The number of nitriles is 1. The first-order valence-electron chi connectivity index (χ1n) is 11.7. The monoisotopic (exact) mass is 538 g/mol. The van der Waals surface area contributed by atoms with Crippen molar-refractivity contribution in [2.45, 2.75) is 49.7 Å². The molecule has 0 radical (unpaired) electrons. The third-order valence-corrected chi connectivity index (χ3v) is 7.65. The molecule has 3 aliphatic rings. The largest absolute Gasteiger partial charge is 0.493 e.